The summed E-state index contributed by atoms with van der Waals surface area (Å²) in [5, 5.41) is 14.2. The third kappa shape index (κ3) is 7.89. The zero-order chi connectivity index (χ0) is 15.9. The summed E-state index contributed by atoms with van der Waals surface area (Å²) in [5.41, 5.74) is 0.646. The van der Waals surface area contributed by atoms with Crippen LogP contribution < -0.4 is 10.6 Å². The third-order valence-corrected chi connectivity index (χ3v) is 3.92. The fourth-order valence-corrected chi connectivity index (χ4v) is 2.15. The van der Waals surface area contributed by atoms with Gasteiger partial charge in [0.05, 0.1) is 0 Å². The number of hydrogen-bond donors (Lipinski definition) is 3. The van der Waals surface area contributed by atoms with Crippen LogP contribution in [0.3, 0.4) is 0 Å². The molecule has 21 heavy (non-hydrogen) atoms. The van der Waals surface area contributed by atoms with E-state index in [1.54, 1.807) is 0 Å². The summed E-state index contributed by atoms with van der Waals surface area (Å²) in [7, 11) is 0. The van der Waals surface area contributed by atoms with Crippen molar-refractivity contribution in [2.75, 3.05) is 11.9 Å². The minimum atomic E-state index is -0.785. The van der Waals surface area contributed by atoms with E-state index >= 15 is 0 Å². The van der Waals surface area contributed by atoms with E-state index in [1.165, 1.54) is 0 Å². The summed E-state index contributed by atoms with van der Waals surface area (Å²) in [4.78, 5) is 22.3. The number of carboxylic acids is 1. The molecule has 0 atom stereocenters. The fourth-order valence-electron chi connectivity index (χ4n) is 1.79. The van der Waals surface area contributed by atoms with Crippen LogP contribution in [-0.2, 0) is 4.79 Å². The van der Waals surface area contributed by atoms with Gasteiger partial charge in [-0.1, -0.05) is 13.8 Å². The summed E-state index contributed by atoms with van der Waals surface area (Å²) in [6.45, 7) is 4.53. The number of anilines is 1. The number of rotatable bonds is 7. The molecule has 0 fully saturated rings. The largest absolute Gasteiger partial charge is 0.481 e. The predicted molar refractivity (Wildman–Crippen MR) is 91.4 cm³/mol. The molecular weight excluding hydrogens is 383 g/mol. The van der Waals surface area contributed by atoms with Crippen molar-refractivity contribution in [1.29, 1.82) is 0 Å². The molecular formula is C15H21IN2O3. The topological polar surface area (TPSA) is 78.4 Å². The Labute approximate surface area is 138 Å². The van der Waals surface area contributed by atoms with Gasteiger partial charge >= 0.3 is 12.0 Å². The Hall–Kier alpha value is -1.31. The number of halogens is 1. The quantitative estimate of drug-likeness (QED) is 0.607. The van der Waals surface area contributed by atoms with Crippen LogP contribution in [0.15, 0.2) is 24.3 Å². The number of nitrogens with one attached hydrogen (secondary N) is 2. The van der Waals surface area contributed by atoms with Gasteiger partial charge in [0, 0.05) is 22.2 Å². The molecule has 0 aliphatic carbocycles. The highest BCUT2D eigenvalue weighted by Crippen LogP contribution is 2.26. The Morgan fingerprint density at radius 1 is 1.19 bits per heavy atom. The van der Waals surface area contributed by atoms with Crippen molar-refractivity contribution in [3.8, 4) is 0 Å². The van der Waals surface area contributed by atoms with Gasteiger partial charge in [0.1, 0.15) is 0 Å². The van der Waals surface area contributed by atoms with Crippen LogP contribution in [0.5, 0.6) is 0 Å². The van der Waals surface area contributed by atoms with E-state index in [2.05, 4.69) is 33.2 Å². The van der Waals surface area contributed by atoms with E-state index in [9.17, 15) is 9.59 Å². The lowest BCUT2D eigenvalue weighted by atomic mass is 9.84. The van der Waals surface area contributed by atoms with E-state index in [4.69, 9.17) is 5.11 Å². The van der Waals surface area contributed by atoms with Gasteiger partial charge in [0.2, 0.25) is 0 Å². The van der Waals surface area contributed by atoms with Crippen molar-refractivity contribution >= 4 is 40.3 Å². The van der Waals surface area contributed by atoms with Crippen LogP contribution in [0.25, 0.3) is 0 Å². The molecule has 0 saturated carbocycles. The molecule has 1 aromatic carbocycles. The minimum absolute atomic E-state index is 0.103. The molecule has 0 saturated heterocycles. The van der Waals surface area contributed by atoms with Crippen molar-refractivity contribution in [3.63, 3.8) is 0 Å². The van der Waals surface area contributed by atoms with Gasteiger partial charge in [-0.15, -0.1) is 0 Å². The van der Waals surface area contributed by atoms with Gasteiger partial charge < -0.3 is 15.7 Å². The normalized spacial score (nSPS) is 11.0. The van der Waals surface area contributed by atoms with E-state index in [0.29, 0.717) is 13.0 Å². The van der Waals surface area contributed by atoms with Gasteiger partial charge in [-0.25, -0.2) is 4.79 Å². The van der Waals surface area contributed by atoms with E-state index in [0.717, 1.165) is 15.7 Å². The van der Waals surface area contributed by atoms with E-state index in [-0.39, 0.29) is 17.9 Å². The van der Waals surface area contributed by atoms with Crippen LogP contribution in [0, 0.1) is 8.99 Å². The predicted octanol–water partition coefficient (Wildman–Crippen LogP) is 3.69. The fraction of sp³-hybridized carbons (Fsp3) is 0.467. The van der Waals surface area contributed by atoms with Gasteiger partial charge in [-0.05, 0) is 65.1 Å². The smallest absolute Gasteiger partial charge is 0.319 e. The molecule has 5 nitrogen and oxygen atoms in total. The Bertz CT molecular complexity index is 486. The van der Waals surface area contributed by atoms with Crippen molar-refractivity contribution < 1.29 is 14.7 Å². The highest BCUT2D eigenvalue weighted by molar-refractivity contribution is 14.1. The Morgan fingerprint density at radius 2 is 1.81 bits per heavy atom. The van der Waals surface area contributed by atoms with Gasteiger partial charge in [0.15, 0.2) is 0 Å². The molecule has 0 aliphatic rings. The number of urea groups is 1. The summed E-state index contributed by atoms with van der Waals surface area (Å²) in [5.74, 6) is -0.785. The SMILES string of the molecule is CC(C)(CCNC(=O)Nc1ccc(I)cc1)CCC(=O)O. The molecule has 1 aromatic rings. The molecule has 0 radical (unpaired) electrons. The standard InChI is InChI=1S/C15H21IN2O3/c1-15(2,8-7-13(19)20)9-10-17-14(21)18-12-5-3-11(16)4-6-12/h3-6H,7-10H2,1-2H3,(H,19,20)(H2,17,18,21). The number of carboxylic acid groups (broad SMARTS) is 1. The molecule has 6 heteroatoms. The Morgan fingerprint density at radius 3 is 2.38 bits per heavy atom. The molecule has 3 N–H and O–H groups in total. The van der Waals surface area contributed by atoms with Gasteiger partial charge in [0.25, 0.3) is 0 Å². The van der Waals surface area contributed by atoms with Crippen molar-refractivity contribution in [1.82, 2.24) is 5.32 Å². The lowest BCUT2D eigenvalue weighted by Gasteiger charge is -2.23. The van der Waals surface area contributed by atoms with Crippen molar-refractivity contribution in [3.05, 3.63) is 27.8 Å². The number of carbonyl (C=O) groups excluding carboxylic acids is 1. The summed E-state index contributed by atoms with van der Waals surface area (Å²) in [6, 6.07) is 7.29. The molecule has 0 aliphatic heterocycles. The Balaban J connectivity index is 2.29. The maximum atomic E-state index is 11.7. The number of hydrogen-bond acceptors (Lipinski definition) is 2. The second-order valence-electron chi connectivity index (χ2n) is 5.70. The Kier molecular flexibility index (Phi) is 6.94. The van der Waals surface area contributed by atoms with Crippen molar-refractivity contribution in [2.45, 2.75) is 33.1 Å². The maximum absolute atomic E-state index is 11.7. The maximum Gasteiger partial charge on any atom is 0.319 e. The first-order valence-electron chi connectivity index (χ1n) is 6.81. The summed E-state index contributed by atoms with van der Waals surface area (Å²) in [6.07, 6.45) is 1.49. The van der Waals surface area contributed by atoms with Crippen molar-refractivity contribution in [2.24, 2.45) is 5.41 Å². The number of benzene rings is 1. The second kappa shape index (κ2) is 8.21. The zero-order valence-electron chi connectivity index (χ0n) is 12.3. The first kappa shape index (κ1) is 17.7. The van der Waals surface area contributed by atoms with Crippen LogP contribution in [0.2, 0.25) is 0 Å². The summed E-state index contributed by atoms with van der Waals surface area (Å²) >= 11 is 2.20. The molecule has 116 valence electrons. The molecule has 1 rings (SSSR count). The molecule has 0 heterocycles. The monoisotopic (exact) mass is 404 g/mol. The van der Waals surface area contributed by atoms with Gasteiger partial charge in [-0.3, -0.25) is 4.79 Å². The highest BCUT2D eigenvalue weighted by atomic mass is 127. The zero-order valence-corrected chi connectivity index (χ0v) is 14.4. The summed E-state index contributed by atoms with van der Waals surface area (Å²) < 4.78 is 1.11. The highest BCUT2D eigenvalue weighted by Gasteiger charge is 2.19. The van der Waals surface area contributed by atoms with Crippen LogP contribution in [-0.4, -0.2) is 23.7 Å². The van der Waals surface area contributed by atoms with Crippen LogP contribution >= 0.6 is 22.6 Å². The minimum Gasteiger partial charge on any atom is -0.481 e. The van der Waals surface area contributed by atoms with Crippen LogP contribution in [0.4, 0.5) is 10.5 Å². The van der Waals surface area contributed by atoms with E-state index < -0.39 is 5.97 Å². The van der Waals surface area contributed by atoms with E-state index in [1.807, 2.05) is 38.1 Å². The molecule has 0 bridgehead atoms. The number of amides is 2. The molecule has 0 aromatic heterocycles. The second-order valence-corrected chi connectivity index (χ2v) is 6.94. The molecule has 0 spiro atoms. The number of aliphatic carboxylic acids is 1. The first-order valence-corrected chi connectivity index (χ1v) is 7.89. The number of carbonyl (C=O) groups is 2. The van der Waals surface area contributed by atoms with Gasteiger partial charge in [-0.2, -0.15) is 0 Å². The average molecular weight is 404 g/mol. The lowest BCUT2D eigenvalue weighted by molar-refractivity contribution is -0.137. The lowest BCUT2D eigenvalue weighted by Crippen LogP contribution is -2.32. The third-order valence-electron chi connectivity index (χ3n) is 3.21. The van der Waals surface area contributed by atoms with Crippen LogP contribution in [0.1, 0.15) is 33.1 Å². The molecule has 2 amide bonds. The first-order chi connectivity index (χ1) is 9.78. The molecule has 0 unspecified atom stereocenters. The average Bonchev–Trinajstić information content (AvgIpc) is 2.39.